The Labute approximate surface area is 140 Å². The van der Waals surface area contributed by atoms with Crippen LogP contribution in [0.4, 0.5) is 5.69 Å². The standard InChI is InChI=1S/C17H16N2O4S/c1-11-6-5-7-13(10-11)18-16(20)12(2)19-17(21)14-8-3-4-9-15(14)24(19,22)23/h3-10,12H,1-2H3,(H,18,20). The number of fused-ring (bicyclic) bond motifs is 1. The molecule has 24 heavy (non-hydrogen) atoms. The number of anilines is 1. The van der Waals surface area contributed by atoms with Crippen molar-refractivity contribution in [2.24, 2.45) is 0 Å². The number of nitrogens with zero attached hydrogens (tertiary/aromatic N) is 1. The summed E-state index contributed by atoms with van der Waals surface area (Å²) >= 11 is 0. The van der Waals surface area contributed by atoms with Crippen molar-refractivity contribution in [1.29, 1.82) is 0 Å². The number of sulfonamides is 1. The highest BCUT2D eigenvalue weighted by Crippen LogP contribution is 2.31. The largest absolute Gasteiger partial charge is 0.324 e. The number of aryl methyl sites for hydroxylation is 1. The molecule has 0 fully saturated rings. The van der Waals surface area contributed by atoms with Crippen LogP contribution in [-0.2, 0) is 14.8 Å². The van der Waals surface area contributed by atoms with E-state index < -0.39 is 27.9 Å². The number of nitrogens with one attached hydrogen (secondary N) is 1. The van der Waals surface area contributed by atoms with Gasteiger partial charge in [-0.2, -0.15) is 0 Å². The first-order valence-corrected chi connectivity index (χ1v) is 8.81. The number of rotatable bonds is 3. The van der Waals surface area contributed by atoms with Crippen molar-refractivity contribution >= 4 is 27.5 Å². The molecule has 0 aromatic heterocycles. The van der Waals surface area contributed by atoms with Crippen LogP contribution in [0.2, 0.25) is 0 Å². The van der Waals surface area contributed by atoms with Crippen molar-refractivity contribution < 1.29 is 18.0 Å². The van der Waals surface area contributed by atoms with Crippen LogP contribution in [0.3, 0.4) is 0 Å². The summed E-state index contributed by atoms with van der Waals surface area (Å²) in [6, 6.07) is 11.9. The van der Waals surface area contributed by atoms with Gasteiger partial charge in [0.1, 0.15) is 10.9 Å². The molecule has 1 unspecified atom stereocenters. The molecule has 0 radical (unpaired) electrons. The Kier molecular flexibility index (Phi) is 3.88. The fourth-order valence-electron chi connectivity index (χ4n) is 2.66. The van der Waals surface area contributed by atoms with Crippen LogP contribution in [0, 0.1) is 6.92 Å². The molecule has 1 aliphatic rings. The quantitative estimate of drug-likeness (QED) is 0.925. The smallest absolute Gasteiger partial charge is 0.269 e. The molecule has 7 heteroatoms. The van der Waals surface area contributed by atoms with Crippen molar-refractivity contribution in [3.05, 3.63) is 59.7 Å². The zero-order chi connectivity index (χ0) is 17.5. The first-order valence-electron chi connectivity index (χ1n) is 7.37. The van der Waals surface area contributed by atoms with Gasteiger partial charge in [-0.05, 0) is 43.7 Å². The minimum atomic E-state index is -4.02. The maximum atomic E-state index is 12.6. The zero-order valence-electron chi connectivity index (χ0n) is 13.2. The van der Waals surface area contributed by atoms with E-state index in [2.05, 4.69) is 5.32 Å². The number of carbonyl (C=O) groups excluding carboxylic acids is 2. The van der Waals surface area contributed by atoms with Gasteiger partial charge in [-0.1, -0.05) is 24.3 Å². The minimum Gasteiger partial charge on any atom is -0.324 e. The summed E-state index contributed by atoms with van der Waals surface area (Å²) in [5.41, 5.74) is 1.60. The second kappa shape index (κ2) is 5.76. The highest BCUT2D eigenvalue weighted by Gasteiger charge is 2.45. The van der Waals surface area contributed by atoms with Crippen LogP contribution >= 0.6 is 0 Å². The molecule has 0 saturated carbocycles. The van der Waals surface area contributed by atoms with E-state index in [4.69, 9.17) is 0 Å². The summed E-state index contributed by atoms with van der Waals surface area (Å²) in [6.07, 6.45) is 0. The van der Waals surface area contributed by atoms with Gasteiger partial charge in [0.25, 0.3) is 15.9 Å². The van der Waals surface area contributed by atoms with Gasteiger partial charge in [-0.25, -0.2) is 12.7 Å². The fraction of sp³-hybridized carbons (Fsp3) is 0.176. The summed E-state index contributed by atoms with van der Waals surface area (Å²) in [4.78, 5) is 24.8. The van der Waals surface area contributed by atoms with Crippen LogP contribution in [0.5, 0.6) is 0 Å². The van der Waals surface area contributed by atoms with E-state index in [9.17, 15) is 18.0 Å². The average Bonchev–Trinajstić information content (AvgIpc) is 2.74. The second-order valence-corrected chi connectivity index (χ2v) is 7.42. The topological polar surface area (TPSA) is 83.6 Å². The Morgan fingerprint density at radius 2 is 1.83 bits per heavy atom. The maximum Gasteiger partial charge on any atom is 0.269 e. The molecule has 124 valence electrons. The molecule has 2 aromatic carbocycles. The predicted octanol–water partition coefficient (Wildman–Crippen LogP) is 2.17. The number of amides is 2. The third kappa shape index (κ3) is 2.56. The van der Waals surface area contributed by atoms with E-state index in [1.54, 1.807) is 30.3 Å². The van der Waals surface area contributed by atoms with Gasteiger partial charge in [-0.15, -0.1) is 0 Å². The van der Waals surface area contributed by atoms with E-state index >= 15 is 0 Å². The van der Waals surface area contributed by atoms with Crippen molar-refractivity contribution in [1.82, 2.24) is 4.31 Å². The van der Waals surface area contributed by atoms with E-state index in [0.717, 1.165) is 5.56 Å². The third-order valence-corrected chi connectivity index (χ3v) is 5.78. The lowest BCUT2D eigenvalue weighted by Crippen LogP contribution is -2.45. The molecular weight excluding hydrogens is 328 g/mol. The van der Waals surface area contributed by atoms with Crippen molar-refractivity contribution in [2.75, 3.05) is 5.32 Å². The van der Waals surface area contributed by atoms with E-state index in [1.807, 2.05) is 13.0 Å². The molecule has 2 amide bonds. The molecule has 1 atom stereocenters. The van der Waals surface area contributed by atoms with Crippen molar-refractivity contribution in [2.45, 2.75) is 24.8 Å². The molecule has 2 aromatic rings. The highest BCUT2D eigenvalue weighted by molar-refractivity contribution is 7.90. The number of hydrogen-bond donors (Lipinski definition) is 1. The summed E-state index contributed by atoms with van der Waals surface area (Å²) < 4.78 is 25.8. The highest BCUT2D eigenvalue weighted by atomic mass is 32.2. The van der Waals surface area contributed by atoms with Gasteiger partial charge >= 0.3 is 0 Å². The average molecular weight is 344 g/mol. The summed E-state index contributed by atoms with van der Waals surface area (Å²) in [6.45, 7) is 3.27. The van der Waals surface area contributed by atoms with E-state index in [0.29, 0.717) is 9.99 Å². The molecule has 1 N–H and O–H groups in total. The normalized spacial score (nSPS) is 16.6. The Morgan fingerprint density at radius 3 is 2.50 bits per heavy atom. The first kappa shape index (κ1) is 16.2. The number of benzene rings is 2. The first-order chi connectivity index (χ1) is 11.3. The molecule has 0 saturated heterocycles. The number of carbonyl (C=O) groups is 2. The lowest BCUT2D eigenvalue weighted by atomic mass is 10.2. The van der Waals surface area contributed by atoms with E-state index in [-0.39, 0.29) is 10.5 Å². The van der Waals surface area contributed by atoms with Gasteiger partial charge in [0.2, 0.25) is 5.91 Å². The molecule has 0 bridgehead atoms. The molecule has 0 spiro atoms. The van der Waals surface area contributed by atoms with Crippen molar-refractivity contribution in [3.63, 3.8) is 0 Å². The molecule has 3 rings (SSSR count). The predicted molar refractivity (Wildman–Crippen MR) is 89.1 cm³/mol. The minimum absolute atomic E-state index is 0.0646. The molecule has 1 heterocycles. The molecule has 6 nitrogen and oxygen atoms in total. The van der Waals surface area contributed by atoms with Crippen LogP contribution in [0.15, 0.2) is 53.4 Å². The Balaban J connectivity index is 1.89. The fourth-order valence-corrected chi connectivity index (χ4v) is 4.39. The van der Waals surface area contributed by atoms with Crippen molar-refractivity contribution in [3.8, 4) is 0 Å². The Hall–Kier alpha value is -2.67. The second-order valence-electron chi connectivity index (χ2n) is 5.64. The van der Waals surface area contributed by atoms with Gasteiger partial charge < -0.3 is 5.32 Å². The van der Waals surface area contributed by atoms with Gasteiger partial charge in [0.15, 0.2) is 0 Å². The SMILES string of the molecule is Cc1cccc(NC(=O)C(C)N2C(=O)c3ccccc3S2(=O)=O)c1. The number of hydrogen-bond acceptors (Lipinski definition) is 4. The lowest BCUT2D eigenvalue weighted by molar-refractivity contribution is -0.118. The molecule has 0 aliphatic carbocycles. The third-order valence-electron chi connectivity index (χ3n) is 3.87. The van der Waals surface area contributed by atoms with Crippen LogP contribution in [0.1, 0.15) is 22.8 Å². The Bertz CT molecular complexity index is 937. The van der Waals surface area contributed by atoms with Crippen LogP contribution in [-0.4, -0.2) is 30.6 Å². The molecular formula is C17H16N2O4S. The van der Waals surface area contributed by atoms with Crippen LogP contribution in [0.25, 0.3) is 0 Å². The van der Waals surface area contributed by atoms with Gasteiger partial charge in [-0.3, -0.25) is 9.59 Å². The Morgan fingerprint density at radius 1 is 1.12 bits per heavy atom. The van der Waals surface area contributed by atoms with Gasteiger partial charge in [0, 0.05) is 5.69 Å². The monoisotopic (exact) mass is 344 g/mol. The summed E-state index contributed by atoms with van der Waals surface area (Å²) in [5.74, 6) is -1.25. The van der Waals surface area contributed by atoms with E-state index in [1.165, 1.54) is 19.1 Å². The zero-order valence-corrected chi connectivity index (χ0v) is 14.0. The summed E-state index contributed by atoms with van der Waals surface area (Å²) in [5, 5.41) is 2.65. The summed E-state index contributed by atoms with van der Waals surface area (Å²) in [7, 11) is -4.02. The maximum absolute atomic E-state index is 12.6. The molecule has 1 aliphatic heterocycles. The lowest BCUT2D eigenvalue weighted by Gasteiger charge is -2.22. The van der Waals surface area contributed by atoms with Crippen LogP contribution < -0.4 is 5.32 Å². The van der Waals surface area contributed by atoms with Gasteiger partial charge in [0.05, 0.1) is 5.56 Å².